The number of aromatic nitrogens is 2. The highest BCUT2D eigenvalue weighted by Crippen LogP contribution is 2.25. The summed E-state index contributed by atoms with van der Waals surface area (Å²) in [5.41, 5.74) is 1.42. The first kappa shape index (κ1) is 15.4. The van der Waals surface area contributed by atoms with Crippen LogP contribution in [0, 0.1) is 17.0 Å². The highest BCUT2D eigenvalue weighted by molar-refractivity contribution is 5.61. The van der Waals surface area contributed by atoms with E-state index in [0.717, 1.165) is 30.9 Å². The second-order valence-corrected chi connectivity index (χ2v) is 5.74. The number of non-ortho nitro benzene ring substituents is 1. The Labute approximate surface area is 133 Å². The van der Waals surface area contributed by atoms with Gasteiger partial charge in [-0.1, -0.05) is 12.1 Å². The summed E-state index contributed by atoms with van der Waals surface area (Å²) in [6.45, 7) is 3.25. The fourth-order valence-electron chi connectivity index (χ4n) is 2.76. The summed E-state index contributed by atoms with van der Waals surface area (Å²) in [4.78, 5) is 21.5. The average molecular weight is 314 g/mol. The lowest BCUT2D eigenvalue weighted by Gasteiger charge is -2.31. The van der Waals surface area contributed by atoms with E-state index in [2.05, 4.69) is 9.97 Å². The van der Waals surface area contributed by atoms with Gasteiger partial charge in [-0.25, -0.2) is 9.97 Å². The molecule has 1 aliphatic rings. The molecule has 3 rings (SSSR count). The lowest BCUT2D eigenvalue weighted by atomic mass is 10.1. The first-order valence-corrected chi connectivity index (χ1v) is 7.56. The first-order chi connectivity index (χ1) is 11.0. The number of nitro benzene ring substituents is 1. The lowest BCUT2D eigenvalue weighted by Crippen LogP contribution is -2.38. The number of anilines is 1. The molecule has 120 valence electrons. The number of hydrogen-bond acceptors (Lipinski definition) is 6. The van der Waals surface area contributed by atoms with Crippen LogP contribution in [0.15, 0.2) is 30.3 Å². The number of benzene rings is 1. The normalized spacial score (nSPS) is 18.0. The van der Waals surface area contributed by atoms with Crippen molar-refractivity contribution in [2.24, 2.45) is 0 Å². The van der Waals surface area contributed by atoms with Crippen molar-refractivity contribution in [3.05, 3.63) is 46.1 Å². The Bertz CT molecular complexity index is 735. The van der Waals surface area contributed by atoms with Crippen LogP contribution in [0.2, 0.25) is 0 Å². The summed E-state index contributed by atoms with van der Waals surface area (Å²) in [6, 6.07) is 8.18. The van der Waals surface area contributed by atoms with Gasteiger partial charge in [0, 0.05) is 42.5 Å². The fourth-order valence-corrected chi connectivity index (χ4v) is 2.76. The molecule has 1 aromatic heterocycles. The highest BCUT2D eigenvalue weighted by atomic mass is 16.6. The molecule has 1 unspecified atom stereocenters. The number of nitro groups is 1. The molecule has 1 saturated heterocycles. The molecule has 1 N–H and O–H groups in total. The lowest BCUT2D eigenvalue weighted by molar-refractivity contribution is -0.384. The summed E-state index contributed by atoms with van der Waals surface area (Å²) < 4.78 is 0. The van der Waals surface area contributed by atoms with Crippen molar-refractivity contribution < 1.29 is 10.0 Å². The zero-order valence-electron chi connectivity index (χ0n) is 12.8. The topological polar surface area (TPSA) is 92.4 Å². The molecule has 1 fully saturated rings. The quantitative estimate of drug-likeness (QED) is 0.690. The van der Waals surface area contributed by atoms with Gasteiger partial charge in [-0.2, -0.15) is 0 Å². The molecule has 1 aliphatic heterocycles. The summed E-state index contributed by atoms with van der Waals surface area (Å²) in [5.74, 6) is 1.21. The van der Waals surface area contributed by atoms with Crippen molar-refractivity contribution in [1.82, 2.24) is 9.97 Å². The van der Waals surface area contributed by atoms with E-state index in [9.17, 15) is 15.2 Å². The van der Waals surface area contributed by atoms with Crippen LogP contribution in [-0.2, 0) is 0 Å². The number of nitrogens with zero attached hydrogens (tertiary/aromatic N) is 4. The van der Waals surface area contributed by atoms with Crippen LogP contribution in [0.4, 0.5) is 11.5 Å². The number of aliphatic hydroxyl groups is 1. The van der Waals surface area contributed by atoms with Gasteiger partial charge >= 0.3 is 0 Å². The fraction of sp³-hybridized carbons (Fsp3) is 0.375. The third-order valence-electron chi connectivity index (χ3n) is 3.88. The molecule has 0 spiro atoms. The molecular formula is C16H18N4O3. The molecular weight excluding hydrogens is 296 g/mol. The van der Waals surface area contributed by atoms with E-state index in [1.54, 1.807) is 12.1 Å². The van der Waals surface area contributed by atoms with Gasteiger partial charge in [0.05, 0.1) is 11.0 Å². The molecule has 2 heterocycles. The Balaban J connectivity index is 1.97. The molecule has 0 amide bonds. The molecule has 0 aliphatic carbocycles. The van der Waals surface area contributed by atoms with E-state index in [4.69, 9.17) is 0 Å². The van der Waals surface area contributed by atoms with E-state index in [1.165, 1.54) is 12.1 Å². The molecule has 0 bridgehead atoms. The van der Waals surface area contributed by atoms with Crippen molar-refractivity contribution in [2.75, 3.05) is 18.0 Å². The second-order valence-electron chi connectivity index (χ2n) is 5.74. The maximum Gasteiger partial charge on any atom is 0.270 e. The smallest absolute Gasteiger partial charge is 0.270 e. The van der Waals surface area contributed by atoms with E-state index in [0.29, 0.717) is 17.9 Å². The number of β-amino-alcohol motifs (C(OH)–C–C–N with tert-alkyl or cyclic N) is 1. The van der Waals surface area contributed by atoms with Crippen LogP contribution in [0.25, 0.3) is 11.4 Å². The van der Waals surface area contributed by atoms with E-state index in [-0.39, 0.29) is 11.8 Å². The van der Waals surface area contributed by atoms with Crippen LogP contribution in [-0.4, -0.2) is 39.2 Å². The summed E-state index contributed by atoms with van der Waals surface area (Å²) >= 11 is 0. The van der Waals surface area contributed by atoms with Crippen LogP contribution in [0.3, 0.4) is 0 Å². The van der Waals surface area contributed by atoms with Crippen molar-refractivity contribution in [3.8, 4) is 11.4 Å². The number of piperidine rings is 1. The predicted molar refractivity (Wildman–Crippen MR) is 86.3 cm³/mol. The Kier molecular flexibility index (Phi) is 4.20. The summed E-state index contributed by atoms with van der Waals surface area (Å²) in [6.07, 6.45) is 1.37. The minimum absolute atomic E-state index is 0.0163. The molecule has 7 heteroatoms. The Morgan fingerprint density at radius 1 is 1.35 bits per heavy atom. The van der Waals surface area contributed by atoms with Crippen molar-refractivity contribution in [2.45, 2.75) is 25.9 Å². The standard InChI is InChI=1S/C16H18N4O3/c1-11-8-15(19-7-3-6-14(21)10-19)18-16(17-11)12-4-2-5-13(9-12)20(22)23/h2,4-5,8-9,14,21H,3,6-7,10H2,1H3. The van der Waals surface area contributed by atoms with Crippen molar-refractivity contribution in [1.29, 1.82) is 0 Å². The Morgan fingerprint density at radius 3 is 2.91 bits per heavy atom. The van der Waals surface area contributed by atoms with Gasteiger partial charge in [0.1, 0.15) is 5.82 Å². The molecule has 1 atom stereocenters. The van der Waals surface area contributed by atoms with E-state index >= 15 is 0 Å². The number of hydrogen-bond donors (Lipinski definition) is 1. The zero-order valence-corrected chi connectivity index (χ0v) is 12.8. The maximum absolute atomic E-state index is 10.9. The van der Waals surface area contributed by atoms with E-state index < -0.39 is 4.92 Å². The SMILES string of the molecule is Cc1cc(N2CCCC(O)C2)nc(-c2cccc([N+](=O)[O-])c2)n1. The van der Waals surface area contributed by atoms with Gasteiger partial charge in [-0.05, 0) is 19.8 Å². The first-order valence-electron chi connectivity index (χ1n) is 7.56. The van der Waals surface area contributed by atoms with Crippen LogP contribution in [0.1, 0.15) is 18.5 Å². The van der Waals surface area contributed by atoms with Crippen molar-refractivity contribution in [3.63, 3.8) is 0 Å². The van der Waals surface area contributed by atoms with Crippen LogP contribution < -0.4 is 4.90 Å². The minimum atomic E-state index is -0.429. The van der Waals surface area contributed by atoms with Crippen LogP contribution >= 0.6 is 0 Å². The third-order valence-corrected chi connectivity index (χ3v) is 3.88. The number of aliphatic hydroxyl groups excluding tert-OH is 1. The highest BCUT2D eigenvalue weighted by Gasteiger charge is 2.20. The summed E-state index contributed by atoms with van der Waals surface area (Å²) in [7, 11) is 0. The second kappa shape index (κ2) is 6.29. The Hall–Kier alpha value is -2.54. The third kappa shape index (κ3) is 3.45. The molecule has 23 heavy (non-hydrogen) atoms. The largest absolute Gasteiger partial charge is 0.391 e. The number of rotatable bonds is 3. The molecule has 2 aromatic rings. The van der Waals surface area contributed by atoms with E-state index in [1.807, 2.05) is 17.9 Å². The van der Waals surface area contributed by atoms with Gasteiger partial charge in [-0.3, -0.25) is 10.1 Å². The molecule has 1 aromatic carbocycles. The molecule has 0 saturated carbocycles. The minimum Gasteiger partial charge on any atom is -0.391 e. The average Bonchev–Trinajstić information content (AvgIpc) is 2.54. The Morgan fingerprint density at radius 2 is 2.17 bits per heavy atom. The number of aryl methyl sites for hydroxylation is 1. The van der Waals surface area contributed by atoms with Gasteiger partial charge in [0.15, 0.2) is 5.82 Å². The maximum atomic E-state index is 10.9. The molecule has 7 nitrogen and oxygen atoms in total. The predicted octanol–water partition coefficient (Wildman–Crippen LogP) is 2.32. The van der Waals surface area contributed by atoms with Crippen LogP contribution in [0.5, 0.6) is 0 Å². The van der Waals surface area contributed by atoms with Gasteiger partial charge in [0.2, 0.25) is 0 Å². The monoisotopic (exact) mass is 314 g/mol. The zero-order chi connectivity index (χ0) is 16.4. The van der Waals surface area contributed by atoms with Crippen molar-refractivity contribution >= 4 is 11.5 Å². The van der Waals surface area contributed by atoms with Gasteiger partial charge < -0.3 is 10.0 Å². The van der Waals surface area contributed by atoms with Gasteiger partial charge in [0.25, 0.3) is 5.69 Å². The molecule has 0 radical (unpaired) electrons. The van der Waals surface area contributed by atoms with Gasteiger partial charge in [-0.15, -0.1) is 0 Å². The summed E-state index contributed by atoms with van der Waals surface area (Å²) in [5, 5.41) is 20.8.